The van der Waals surface area contributed by atoms with E-state index in [1.807, 2.05) is 55.7 Å². The lowest BCUT2D eigenvalue weighted by Gasteiger charge is -2.38. The van der Waals surface area contributed by atoms with Crippen molar-refractivity contribution in [3.63, 3.8) is 0 Å². The Labute approximate surface area is 217 Å². The van der Waals surface area contributed by atoms with E-state index >= 15 is 0 Å². The minimum atomic E-state index is -1.22. The second-order valence-electron chi connectivity index (χ2n) is 8.98. The molecule has 0 aliphatic rings. The average molecular weight is 520 g/mol. The van der Waals surface area contributed by atoms with Crippen molar-refractivity contribution in [1.29, 1.82) is 0 Å². The lowest BCUT2D eigenvalue weighted by Crippen LogP contribution is -2.30. The molecule has 0 amide bonds. The highest BCUT2D eigenvalue weighted by Crippen LogP contribution is 2.53. The van der Waals surface area contributed by atoms with E-state index < -0.39 is 14.1 Å². The zero-order chi connectivity index (χ0) is 25.7. The van der Waals surface area contributed by atoms with Gasteiger partial charge in [-0.2, -0.15) is 0 Å². The van der Waals surface area contributed by atoms with Gasteiger partial charge in [-0.1, -0.05) is 18.2 Å². The monoisotopic (exact) mass is 519 g/mol. The van der Waals surface area contributed by atoms with Crippen LogP contribution in [0.25, 0.3) is 0 Å². The highest BCUT2D eigenvalue weighted by Gasteiger charge is 2.39. The lowest BCUT2D eigenvalue weighted by atomic mass is 9.82. The average Bonchev–Trinajstić information content (AvgIpc) is 3.66. The number of allylic oxidation sites excluding steroid dienone is 3. The molecule has 0 spiro atoms. The predicted molar refractivity (Wildman–Crippen MR) is 153 cm³/mol. The highest BCUT2D eigenvalue weighted by atomic mass is 31.2. The van der Waals surface area contributed by atoms with E-state index in [1.165, 1.54) is 16.7 Å². The number of benzene rings is 1. The maximum atomic E-state index is 7.27. The van der Waals surface area contributed by atoms with Crippen molar-refractivity contribution >= 4 is 17.4 Å². The first-order valence-electron chi connectivity index (χ1n) is 12.1. The molecule has 0 N–H and O–H groups in total. The zero-order valence-corrected chi connectivity index (χ0v) is 23.7. The Morgan fingerprint density at radius 3 is 2.00 bits per heavy atom. The minimum absolute atomic E-state index is 0.141. The molecule has 3 aromatic heterocycles. The number of hydrogen-bond donors (Lipinski definition) is 0. The summed E-state index contributed by atoms with van der Waals surface area (Å²) in [7, 11) is -1.08. The lowest BCUT2D eigenvalue weighted by molar-refractivity contribution is 0.138. The number of aromatic nitrogens is 3. The SMILES string of the molecule is C/C=C\C(C)=C(\C)[C@@](C)(OP(n1cccc1)n1cccc1)c1c(OPn2cccc2)ccc(C)c1C. The molecule has 1 aromatic carbocycles. The fourth-order valence-corrected chi connectivity index (χ4v) is 6.69. The first kappa shape index (κ1) is 26.2. The third kappa shape index (κ3) is 5.44. The molecule has 0 aliphatic carbocycles. The summed E-state index contributed by atoms with van der Waals surface area (Å²) in [6.07, 6.45) is 16.5. The molecule has 0 radical (unpaired) electrons. The number of nitrogens with zero attached hydrogens (tertiary/aromatic N) is 3. The summed E-state index contributed by atoms with van der Waals surface area (Å²) in [5.74, 6) is 0.843. The molecule has 0 aliphatic heterocycles. The van der Waals surface area contributed by atoms with Crippen LogP contribution in [0, 0.1) is 13.8 Å². The van der Waals surface area contributed by atoms with Gasteiger partial charge in [0.25, 0.3) is 8.45 Å². The smallest absolute Gasteiger partial charge is 0.257 e. The summed E-state index contributed by atoms with van der Waals surface area (Å²) >= 11 is 0. The van der Waals surface area contributed by atoms with Gasteiger partial charge < -0.3 is 13.4 Å². The molecule has 0 saturated carbocycles. The van der Waals surface area contributed by atoms with Crippen molar-refractivity contribution in [3.05, 3.63) is 126 Å². The van der Waals surface area contributed by atoms with Crippen LogP contribution in [0.4, 0.5) is 0 Å². The first-order valence-corrected chi connectivity index (χ1v) is 14.1. The van der Waals surface area contributed by atoms with Gasteiger partial charge >= 0.3 is 0 Å². The molecule has 2 atom stereocenters. The van der Waals surface area contributed by atoms with E-state index in [-0.39, 0.29) is 8.96 Å². The molecule has 5 nitrogen and oxygen atoms in total. The summed E-state index contributed by atoms with van der Waals surface area (Å²) in [4.78, 5) is 0. The van der Waals surface area contributed by atoms with Gasteiger partial charge in [-0.05, 0) is 106 Å². The Kier molecular flexibility index (Phi) is 8.36. The molecule has 7 heteroatoms. The molecule has 4 rings (SSSR count). The van der Waals surface area contributed by atoms with Gasteiger partial charge in [-0.15, -0.1) is 0 Å². The molecule has 3 heterocycles. The van der Waals surface area contributed by atoms with Gasteiger partial charge in [0, 0.05) is 42.7 Å². The Bertz CT molecular complexity index is 1290. The molecular formula is C29H35N3O2P2. The van der Waals surface area contributed by atoms with Crippen molar-refractivity contribution in [2.45, 2.75) is 47.1 Å². The van der Waals surface area contributed by atoms with E-state index in [4.69, 9.17) is 9.05 Å². The van der Waals surface area contributed by atoms with Crippen molar-refractivity contribution in [2.24, 2.45) is 0 Å². The minimum Gasteiger partial charge on any atom is -0.455 e. The van der Waals surface area contributed by atoms with Crippen LogP contribution >= 0.6 is 17.4 Å². The van der Waals surface area contributed by atoms with Crippen molar-refractivity contribution in [2.75, 3.05) is 0 Å². The van der Waals surface area contributed by atoms with Crippen LogP contribution in [0.5, 0.6) is 5.75 Å². The van der Waals surface area contributed by atoms with Crippen LogP contribution in [0.2, 0.25) is 0 Å². The number of rotatable bonds is 10. The van der Waals surface area contributed by atoms with E-state index in [9.17, 15) is 0 Å². The van der Waals surface area contributed by atoms with Gasteiger partial charge in [0.05, 0.1) is 0 Å². The molecular weight excluding hydrogens is 484 g/mol. The topological polar surface area (TPSA) is 33.2 Å². The summed E-state index contributed by atoms with van der Waals surface area (Å²) < 4.78 is 20.1. The van der Waals surface area contributed by atoms with Crippen LogP contribution in [0.1, 0.15) is 44.4 Å². The second kappa shape index (κ2) is 11.5. The summed E-state index contributed by atoms with van der Waals surface area (Å²) in [5, 5.41) is 0. The fraction of sp³-hybridized carbons (Fsp3) is 0.241. The van der Waals surface area contributed by atoms with E-state index in [1.54, 1.807) is 0 Å². The second-order valence-corrected chi connectivity index (χ2v) is 11.5. The summed E-state index contributed by atoms with van der Waals surface area (Å²) in [6, 6.07) is 16.4. The van der Waals surface area contributed by atoms with Crippen molar-refractivity contribution < 1.29 is 9.05 Å². The maximum absolute atomic E-state index is 7.27. The van der Waals surface area contributed by atoms with Gasteiger partial charge in [0.15, 0.2) is 8.96 Å². The molecule has 0 bridgehead atoms. The standard InChI is InChI=1S/C29H35N3O2P2/c1-7-14-24(3)26(5)29(6,34-36(31-19-10-11-20-31)32-21-12-13-22-32)28-25(4)23(2)15-16-27(28)33-35-30-17-8-9-18-30/h7-22,35H,1-6H3/b14-7-,26-24-/t29-/m1/s1. The Hall–Kier alpha value is -2.84. The molecule has 36 heavy (non-hydrogen) atoms. The fourth-order valence-electron chi connectivity index (χ4n) is 4.27. The molecule has 0 saturated heterocycles. The number of hydrogen-bond acceptors (Lipinski definition) is 2. The predicted octanol–water partition coefficient (Wildman–Crippen LogP) is 8.61. The van der Waals surface area contributed by atoms with E-state index in [0.29, 0.717) is 0 Å². The van der Waals surface area contributed by atoms with Crippen LogP contribution in [0.3, 0.4) is 0 Å². The van der Waals surface area contributed by atoms with Crippen molar-refractivity contribution in [1.82, 2.24) is 13.0 Å². The van der Waals surface area contributed by atoms with Crippen LogP contribution in [-0.2, 0) is 10.1 Å². The number of aryl methyl sites for hydroxylation is 1. The van der Waals surface area contributed by atoms with Gasteiger partial charge in [-0.3, -0.25) is 8.68 Å². The summed E-state index contributed by atoms with van der Waals surface area (Å²) in [5.41, 5.74) is 5.02. The summed E-state index contributed by atoms with van der Waals surface area (Å²) in [6.45, 7) is 12.9. The molecule has 188 valence electrons. The van der Waals surface area contributed by atoms with Crippen LogP contribution in [-0.4, -0.2) is 13.0 Å². The Morgan fingerprint density at radius 2 is 1.44 bits per heavy atom. The third-order valence-electron chi connectivity index (χ3n) is 6.60. The highest BCUT2D eigenvalue weighted by molar-refractivity contribution is 7.49. The third-order valence-corrected chi connectivity index (χ3v) is 9.27. The zero-order valence-electron chi connectivity index (χ0n) is 21.8. The normalized spacial score (nSPS) is 14.6. The Balaban J connectivity index is 1.89. The quantitative estimate of drug-likeness (QED) is 0.155. The van der Waals surface area contributed by atoms with Gasteiger partial charge in [0.1, 0.15) is 11.4 Å². The van der Waals surface area contributed by atoms with Gasteiger partial charge in [-0.25, -0.2) is 0 Å². The van der Waals surface area contributed by atoms with E-state index in [0.717, 1.165) is 16.9 Å². The molecule has 4 aromatic rings. The van der Waals surface area contributed by atoms with Crippen LogP contribution < -0.4 is 4.52 Å². The first-order chi connectivity index (χ1) is 17.3. The Morgan fingerprint density at radius 1 is 0.889 bits per heavy atom. The molecule has 0 fully saturated rings. The van der Waals surface area contributed by atoms with E-state index in [2.05, 4.69) is 96.7 Å². The largest absolute Gasteiger partial charge is 0.455 e. The maximum Gasteiger partial charge on any atom is 0.257 e. The van der Waals surface area contributed by atoms with Crippen LogP contribution in [0.15, 0.2) is 109 Å². The molecule has 1 unspecified atom stereocenters. The van der Waals surface area contributed by atoms with Gasteiger partial charge in [0.2, 0.25) is 0 Å². The van der Waals surface area contributed by atoms with Crippen molar-refractivity contribution in [3.8, 4) is 5.75 Å².